The zero-order chi connectivity index (χ0) is 32.1. The number of fused-ring (bicyclic) bond motifs is 1. The quantitative estimate of drug-likeness (QED) is 0.216. The molecule has 234 valence electrons. The Morgan fingerprint density at radius 1 is 0.667 bits per heavy atom. The lowest BCUT2D eigenvalue weighted by atomic mass is 9.77. The number of carbonyl (C=O) groups is 1. The Balaban J connectivity index is 1.52. The van der Waals surface area contributed by atoms with Crippen LogP contribution in [0.15, 0.2) is 107 Å². The van der Waals surface area contributed by atoms with Crippen LogP contribution in [0, 0.1) is 19.8 Å². The van der Waals surface area contributed by atoms with Gasteiger partial charge in [0, 0.05) is 35.0 Å². The van der Waals surface area contributed by atoms with Gasteiger partial charge in [0.2, 0.25) is 20.0 Å². The SMILES string of the molecule is Cc1ccc(S(=O)(=O)N2C[C@H]3C(=O)C[C@@H](c4cccc(Cl)c4)N(S(=O)(=O)c4ccc(C)cc4)[C@H]3C[C@H]2c2cccc(Cl)c2)cc1. The van der Waals surface area contributed by atoms with Crippen molar-refractivity contribution in [3.63, 3.8) is 0 Å². The zero-order valence-electron chi connectivity index (χ0n) is 24.7. The highest BCUT2D eigenvalue weighted by molar-refractivity contribution is 7.89. The Morgan fingerprint density at radius 3 is 1.67 bits per heavy atom. The summed E-state index contributed by atoms with van der Waals surface area (Å²) in [4.78, 5) is 14.2. The van der Waals surface area contributed by atoms with E-state index in [9.17, 15) is 21.6 Å². The molecule has 0 amide bonds. The van der Waals surface area contributed by atoms with Crippen LogP contribution in [0.5, 0.6) is 0 Å². The minimum absolute atomic E-state index is 0.0456. The van der Waals surface area contributed by atoms with Crippen LogP contribution in [0.4, 0.5) is 0 Å². The van der Waals surface area contributed by atoms with Crippen LogP contribution in [0.2, 0.25) is 10.0 Å². The van der Waals surface area contributed by atoms with E-state index in [0.29, 0.717) is 21.2 Å². The predicted molar refractivity (Wildman–Crippen MR) is 175 cm³/mol. The summed E-state index contributed by atoms with van der Waals surface area (Å²) in [6.45, 7) is 3.57. The molecule has 0 saturated carbocycles. The number of piperidine rings is 2. The van der Waals surface area contributed by atoms with Crippen LogP contribution in [0.1, 0.15) is 47.2 Å². The summed E-state index contributed by atoms with van der Waals surface area (Å²) in [7, 11) is -8.25. The Kier molecular flexibility index (Phi) is 8.71. The highest BCUT2D eigenvalue weighted by Gasteiger charge is 2.54. The van der Waals surface area contributed by atoms with Gasteiger partial charge >= 0.3 is 0 Å². The molecule has 0 spiro atoms. The van der Waals surface area contributed by atoms with E-state index in [1.165, 1.54) is 8.61 Å². The number of aryl methyl sites for hydroxylation is 2. The van der Waals surface area contributed by atoms with Crippen molar-refractivity contribution in [2.24, 2.45) is 5.92 Å². The second-order valence-corrected chi connectivity index (χ2v) is 16.4. The molecule has 0 N–H and O–H groups in total. The predicted octanol–water partition coefficient (Wildman–Crippen LogP) is 7.14. The van der Waals surface area contributed by atoms with Gasteiger partial charge in [-0.25, -0.2) is 16.8 Å². The lowest BCUT2D eigenvalue weighted by Gasteiger charge is -2.51. The number of nitrogens with zero attached hydrogens (tertiary/aromatic N) is 2. The van der Waals surface area contributed by atoms with Gasteiger partial charge in [-0.3, -0.25) is 4.79 Å². The molecular weight excluding hydrogens is 651 g/mol. The normalized spacial score (nSPS) is 23.1. The highest BCUT2D eigenvalue weighted by Crippen LogP contribution is 2.48. The molecule has 2 heterocycles. The molecule has 4 aromatic rings. The van der Waals surface area contributed by atoms with Gasteiger partial charge in [0.25, 0.3) is 0 Å². The van der Waals surface area contributed by atoms with Gasteiger partial charge in [-0.05, 0) is 79.9 Å². The topological polar surface area (TPSA) is 91.8 Å². The molecular formula is C34H32Cl2N2O5S2. The van der Waals surface area contributed by atoms with E-state index in [-0.39, 0.29) is 35.0 Å². The minimum Gasteiger partial charge on any atom is -0.299 e. The first-order valence-corrected chi connectivity index (χ1v) is 18.2. The van der Waals surface area contributed by atoms with Crippen molar-refractivity contribution in [3.8, 4) is 0 Å². The van der Waals surface area contributed by atoms with Crippen LogP contribution >= 0.6 is 23.2 Å². The summed E-state index contributed by atoms with van der Waals surface area (Å²) in [5.41, 5.74) is 3.02. The molecule has 2 saturated heterocycles. The van der Waals surface area contributed by atoms with Crippen LogP contribution < -0.4 is 0 Å². The Labute approximate surface area is 274 Å². The monoisotopic (exact) mass is 682 g/mol. The smallest absolute Gasteiger partial charge is 0.243 e. The molecule has 11 heteroatoms. The van der Waals surface area contributed by atoms with E-state index in [4.69, 9.17) is 23.2 Å². The molecule has 0 radical (unpaired) electrons. The van der Waals surface area contributed by atoms with Crippen molar-refractivity contribution < 1.29 is 21.6 Å². The molecule has 0 bridgehead atoms. The molecule has 7 nitrogen and oxygen atoms in total. The molecule has 0 aliphatic carbocycles. The van der Waals surface area contributed by atoms with Gasteiger partial charge in [-0.1, -0.05) is 82.9 Å². The van der Waals surface area contributed by atoms with Crippen molar-refractivity contribution in [2.45, 2.75) is 54.6 Å². The number of hydrogen-bond donors (Lipinski definition) is 0. The van der Waals surface area contributed by atoms with Crippen LogP contribution in [-0.2, 0) is 24.8 Å². The van der Waals surface area contributed by atoms with Crippen LogP contribution in [0.3, 0.4) is 0 Å². The molecule has 2 fully saturated rings. The van der Waals surface area contributed by atoms with Gasteiger partial charge in [0.15, 0.2) is 0 Å². The fraction of sp³-hybridized carbons (Fsp3) is 0.265. The van der Waals surface area contributed by atoms with E-state index in [2.05, 4.69) is 0 Å². The minimum atomic E-state index is -4.16. The van der Waals surface area contributed by atoms with E-state index >= 15 is 0 Å². The Hall–Kier alpha value is -3.05. The van der Waals surface area contributed by atoms with Crippen molar-refractivity contribution in [3.05, 3.63) is 129 Å². The number of sulfonamides is 2. The fourth-order valence-corrected chi connectivity index (χ4v) is 10.4. The van der Waals surface area contributed by atoms with Crippen LogP contribution in [-0.4, -0.2) is 43.8 Å². The fourth-order valence-electron chi connectivity index (χ4n) is 6.50. The van der Waals surface area contributed by atoms with Crippen molar-refractivity contribution >= 4 is 49.0 Å². The molecule has 0 unspecified atom stereocenters. The number of Topliss-reactive ketones (excluding diaryl/α,β-unsaturated/α-hetero) is 1. The average molecular weight is 684 g/mol. The third-order valence-corrected chi connectivity index (χ3v) is 13.1. The standard InChI is InChI=1S/C34H32Cl2N2O5S2/c1-22-9-13-28(14-10-22)44(40,41)37-21-30-33(19-31(37)24-5-3-7-26(35)17-24)38(45(42,43)29-15-11-23(2)12-16-29)32(20-34(30)39)25-6-4-8-27(36)18-25/h3-18,30-33H,19-21H2,1-2H3/t30-,31+,32+,33+/m1/s1. The molecule has 2 aliphatic rings. The maximum absolute atomic E-state index is 14.6. The Morgan fingerprint density at radius 2 is 1.16 bits per heavy atom. The van der Waals surface area contributed by atoms with Gasteiger partial charge < -0.3 is 0 Å². The average Bonchev–Trinajstić information content (AvgIpc) is 3.00. The number of carbonyl (C=O) groups excluding carboxylic acids is 1. The van der Waals surface area contributed by atoms with Crippen molar-refractivity contribution in [2.75, 3.05) is 6.54 Å². The highest BCUT2D eigenvalue weighted by atomic mass is 35.5. The van der Waals surface area contributed by atoms with Crippen LogP contribution in [0.25, 0.3) is 0 Å². The number of ketones is 1. The molecule has 2 aliphatic heterocycles. The maximum atomic E-state index is 14.6. The summed E-state index contributed by atoms with van der Waals surface area (Å²) >= 11 is 12.7. The zero-order valence-corrected chi connectivity index (χ0v) is 27.8. The van der Waals surface area contributed by atoms with E-state index in [0.717, 1.165) is 11.1 Å². The summed E-state index contributed by atoms with van der Waals surface area (Å²) in [6.07, 6.45) is -0.0726. The maximum Gasteiger partial charge on any atom is 0.243 e. The number of halogens is 2. The molecule has 0 aromatic heterocycles. The molecule has 45 heavy (non-hydrogen) atoms. The van der Waals surface area contributed by atoms with Gasteiger partial charge in [-0.2, -0.15) is 8.61 Å². The first kappa shape index (κ1) is 31.9. The van der Waals surface area contributed by atoms with Gasteiger partial charge in [0.1, 0.15) is 5.78 Å². The summed E-state index contributed by atoms with van der Waals surface area (Å²) < 4.78 is 60.4. The number of rotatable bonds is 6. The second-order valence-electron chi connectivity index (χ2n) is 11.8. The first-order chi connectivity index (χ1) is 21.4. The van der Waals surface area contributed by atoms with Crippen molar-refractivity contribution in [1.29, 1.82) is 0 Å². The summed E-state index contributed by atoms with van der Waals surface area (Å²) in [5.74, 6) is -1.09. The second kappa shape index (κ2) is 12.3. The van der Waals surface area contributed by atoms with Gasteiger partial charge in [-0.15, -0.1) is 0 Å². The first-order valence-electron chi connectivity index (χ1n) is 14.6. The van der Waals surface area contributed by atoms with Gasteiger partial charge in [0.05, 0.1) is 21.9 Å². The van der Waals surface area contributed by atoms with E-state index in [1.807, 2.05) is 13.8 Å². The number of hydrogen-bond acceptors (Lipinski definition) is 5. The third kappa shape index (κ3) is 6.10. The van der Waals surface area contributed by atoms with E-state index < -0.39 is 44.1 Å². The molecule has 6 rings (SSSR count). The Bertz CT molecular complexity index is 1970. The van der Waals surface area contributed by atoms with Crippen molar-refractivity contribution in [1.82, 2.24) is 8.61 Å². The lowest BCUT2D eigenvalue weighted by molar-refractivity contribution is -0.132. The third-order valence-electron chi connectivity index (χ3n) is 8.79. The summed E-state index contributed by atoms with van der Waals surface area (Å²) in [5, 5.41) is 0.841. The lowest BCUT2D eigenvalue weighted by Crippen LogP contribution is -2.60. The van der Waals surface area contributed by atoms with E-state index in [1.54, 1.807) is 97.1 Å². The largest absolute Gasteiger partial charge is 0.299 e. The molecule has 4 atom stereocenters. The summed E-state index contributed by atoms with van der Waals surface area (Å²) in [6, 6.07) is 24.5. The molecule has 4 aromatic carbocycles. The number of benzene rings is 4.